The maximum Gasteiger partial charge on any atom is 0.407 e. The van der Waals surface area contributed by atoms with Crippen molar-refractivity contribution in [2.45, 2.75) is 83.4 Å². The van der Waals surface area contributed by atoms with Crippen LogP contribution >= 0.6 is 27.5 Å². The molecule has 48 heavy (non-hydrogen) atoms. The van der Waals surface area contributed by atoms with E-state index >= 15 is 0 Å². The molecule has 0 spiro atoms. The molecule has 0 saturated heterocycles. The highest BCUT2D eigenvalue weighted by molar-refractivity contribution is 9.10. The minimum Gasteiger partial charge on any atom is -0.493 e. The van der Waals surface area contributed by atoms with Crippen molar-refractivity contribution in [3.8, 4) is 5.75 Å². The van der Waals surface area contributed by atoms with Gasteiger partial charge in [-0.1, -0.05) is 76.1 Å². The Labute approximate surface area is 297 Å². The predicted molar refractivity (Wildman–Crippen MR) is 192 cm³/mol. The quantitative estimate of drug-likeness (QED) is 0.130. The van der Waals surface area contributed by atoms with Gasteiger partial charge in [-0.25, -0.2) is 4.79 Å². The fraction of sp³-hybridized carbons (Fsp3) is 0.421. The number of para-hydroxylation sites is 1. The van der Waals surface area contributed by atoms with Gasteiger partial charge in [0, 0.05) is 26.9 Å². The number of benzene rings is 3. The smallest absolute Gasteiger partial charge is 0.407 e. The van der Waals surface area contributed by atoms with Crippen molar-refractivity contribution in [1.29, 1.82) is 0 Å². The molecular formula is C38H46BrClN2O6. The number of halogens is 2. The average molecular weight is 742 g/mol. The van der Waals surface area contributed by atoms with Crippen LogP contribution in [0.4, 0.5) is 4.79 Å². The van der Waals surface area contributed by atoms with Crippen molar-refractivity contribution in [1.82, 2.24) is 10.2 Å². The van der Waals surface area contributed by atoms with Gasteiger partial charge in [0.15, 0.2) is 0 Å². The van der Waals surface area contributed by atoms with E-state index in [0.29, 0.717) is 10.8 Å². The second kappa shape index (κ2) is 15.9. The number of nitrogens with zero attached hydrogens (tertiary/aromatic N) is 1. The number of ether oxygens (including phenoxy) is 2. The number of nitrogens with one attached hydrogen (secondary N) is 1. The molecule has 0 fully saturated rings. The van der Waals surface area contributed by atoms with Crippen LogP contribution in [0.25, 0.3) is 0 Å². The van der Waals surface area contributed by atoms with Crippen molar-refractivity contribution >= 4 is 39.5 Å². The summed E-state index contributed by atoms with van der Waals surface area (Å²) in [5.74, 6) is -0.871. The topological polar surface area (TPSA) is 108 Å². The summed E-state index contributed by atoms with van der Waals surface area (Å²) >= 11 is 9.81. The zero-order valence-corrected chi connectivity index (χ0v) is 30.5. The number of alkyl carbamates (subject to hydrolysis) is 1. The van der Waals surface area contributed by atoms with Gasteiger partial charge >= 0.3 is 6.09 Å². The van der Waals surface area contributed by atoms with Crippen LogP contribution < -0.4 is 10.1 Å². The van der Waals surface area contributed by atoms with Gasteiger partial charge in [0.1, 0.15) is 17.1 Å². The minimum absolute atomic E-state index is 0.0292. The Morgan fingerprint density at radius 3 is 2.38 bits per heavy atom. The maximum atomic E-state index is 14.9. The van der Waals surface area contributed by atoms with E-state index in [9.17, 15) is 19.8 Å². The number of aliphatic hydroxyl groups excluding tert-OH is 1. The van der Waals surface area contributed by atoms with Crippen LogP contribution in [0.3, 0.4) is 0 Å². The Hall–Kier alpha value is -3.37. The van der Waals surface area contributed by atoms with Crippen LogP contribution in [-0.2, 0) is 22.4 Å². The lowest BCUT2D eigenvalue weighted by Gasteiger charge is -2.47. The lowest BCUT2D eigenvalue weighted by Crippen LogP contribution is -2.55. The predicted octanol–water partition coefficient (Wildman–Crippen LogP) is 7.64. The summed E-state index contributed by atoms with van der Waals surface area (Å²) < 4.78 is 12.4. The summed E-state index contributed by atoms with van der Waals surface area (Å²) in [5, 5.41) is 26.9. The molecule has 5 unspecified atom stereocenters. The summed E-state index contributed by atoms with van der Waals surface area (Å²) in [7, 11) is 0. The second-order valence-corrected chi connectivity index (χ2v) is 15.2. The summed E-state index contributed by atoms with van der Waals surface area (Å²) in [6.45, 7) is 12.8. The average Bonchev–Trinajstić information content (AvgIpc) is 3.00. The highest BCUT2D eigenvalue weighted by Gasteiger charge is 2.45. The van der Waals surface area contributed by atoms with E-state index in [1.165, 1.54) is 4.90 Å². The maximum absolute atomic E-state index is 14.9. The standard InChI is InChI=1S/C38H46BrClN2O6/c1-7-26-23-47-33-14-9-8-13-30(33)34(26)42(38(5,6)46)35(44)27(19-25-11-10-12-29(40)20-25)22-32(43)31(41-36(45)48-37(2,3)4)21-24-15-17-28(39)18-16-24/h7-18,20,26-27,31-32,34,43,46H,1,19,21-23H2,2-6H3,(H,41,45). The van der Waals surface area contributed by atoms with Crippen molar-refractivity contribution < 1.29 is 29.3 Å². The molecular weight excluding hydrogens is 696 g/mol. The molecule has 0 bridgehead atoms. The Balaban J connectivity index is 1.74. The first-order valence-electron chi connectivity index (χ1n) is 16.1. The van der Waals surface area contributed by atoms with E-state index in [1.807, 2.05) is 60.7 Å². The van der Waals surface area contributed by atoms with Crippen LogP contribution in [0.1, 0.15) is 63.8 Å². The van der Waals surface area contributed by atoms with Crippen molar-refractivity contribution in [3.05, 3.63) is 112 Å². The fourth-order valence-electron chi connectivity index (χ4n) is 6.13. The van der Waals surface area contributed by atoms with E-state index < -0.39 is 41.5 Å². The Morgan fingerprint density at radius 2 is 1.75 bits per heavy atom. The first kappa shape index (κ1) is 37.4. The Kier molecular flexibility index (Phi) is 12.4. The molecule has 3 aromatic carbocycles. The molecule has 0 radical (unpaired) electrons. The van der Waals surface area contributed by atoms with E-state index in [-0.39, 0.29) is 37.7 Å². The van der Waals surface area contributed by atoms with Crippen molar-refractivity contribution in [2.75, 3.05) is 6.61 Å². The molecule has 3 N–H and O–H groups in total. The number of aliphatic hydroxyl groups is 2. The van der Waals surface area contributed by atoms with E-state index in [0.717, 1.165) is 21.2 Å². The Bertz CT molecular complexity index is 1570. The SMILES string of the molecule is C=CC1COc2ccccc2C1N(C(=O)C(Cc1cccc(Cl)c1)CC(O)C(Cc1ccc(Br)cc1)NC(=O)OC(C)(C)C)C(C)(C)O. The molecule has 8 nitrogen and oxygen atoms in total. The second-order valence-electron chi connectivity index (χ2n) is 13.8. The van der Waals surface area contributed by atoms with Gasteiger partial charge in [-0.3, -0.25) is 4.79 Å². The number of amides is 2. The lowest BCUT2D eigenvalue weighted by atomic mass is 9.84. The van der Waals surface area contributed by atoms with Gasteiger partial charge in [0.2, 0.25) is 5.91 Å². The third-order valence-electron chi connectivity index (χ3n) is 8.26. The summed E-state index contributed by atoms with van der Waals surface area (Å²) in [5.41, 5.74) is 0.0712. The van der Waals surface area contributed by atoms with Gasteiger partial charge in [-0.05, 0) is 95.3 Å². The van der Waals surface area contributed by atoms with Crippen LogP contribution in [0.15, 0.2) is 89.9 Å². The lowest BCUT2D eigenvalue weighted by molar-refractivity contribution is -0.170. The van der Waals surface area contributed by atoms with Crippen LogP contribution in [0.5, 0.6) is 5.75 Å². The van der Waals surface area contributed by atoms with E-state index in [4.69, 9.17) is 21.1 Å². The summed E-state index contributed by atoms with van der Waals surface area (Å²) in [4.78, 5) is 29.4. The fourth-order valence-corrected chi connectivity index (χ4v) is 6.60. The zero-order valence-electron chi connectivity index (χ0n) is 28.2. The molecule has 10 heteroatoms. The Morgan fingerprint density at radius 1 is 1.06 bits per heavy atom. The summed E-state index contributed by atoms with van der Waals surface area (Å²) in [6.07, 6.45) is 0.379. The molecule has 0 aliphatic carbocycles. The van der Waals surface area contributed by atoms with Crippen LogP contribution in [0, 0.1) is 11.8 Å². The zero-order chi connectivity index (χ0) is 35.2. The van der Waals surface area contributed by atoms with Crippen LogP contribution in [-0.4, -0.2) is 57.2 Å². The van der Waals surface area contributed by atoms with Gasteiger partial charge in [-0.2, -0.15) is 0 Å². The van der Waals surface area contributed by atoms with Gasteiger partial charge in [0.25, 0.3) is 0 Å². The third kappa shape index (κ3) is 10.1. The highest BCUT2D eigenvalue weighted by atomic mass is 79.9. The molecule has 1 aliphatic heterocycles. The minimum atomic E-state index is -1.60. The molecule has 5 atom stereocenters. The monoisotopic (exact) mass is 740 g/mol. The van der Waals surface area contributed by atoms with Crippen LogP contribution in [0.2, 0.25) is 5.02 Å². The number of carbonyl (C=O) groups excluding carboxylic acids is 2. The van der Waals surface area contributed by atoms with E-state index in [2.05, 4.69) is 27.8 Å². The molecule has 1 aliphatic rings. The molecule has 258 valence electrons. The number of carbonyl (C=O) groups is 2. The van der Waals surface area contributed by atoms with Gasteiger partial charge < -0.3 is 29.9 Å². The molecule has 2 amide bonds. The van der Waals surface area contributed by atoms with Crippen molar-refractivity contribution in [3.63, 3.8) is 0 Å². The molecule has 1 heterocycles. The largest absolute Gasteiger partial charge is 0.493 e. The van der Waals surface area contributed by atoms with Gasteiger partial charge in [-0.15, -0.1) is 6.58 Å². The first-order valence-corrected chi connectivity index (χ1v) is 17.3. The third-order valence-corrected chi connectivity index (χ3v) is 9.03. The number of rotatable bonds is 12. The van der Waals surface area contributed by atoms with Gasteiger partial charge in [0.05, 0.1) is 24.8 Å². The number of hydrogen-bond donors (Lipinski definition) is 3. The molecule has 3 aromatic rings. The first-order chi connectivity index (χ1) is 22.6. The molecule has 4 rings (SSSR count). The summed E-state index contributed by atoms with van der Waals surface area (Å²) in [6, 6.07) is 20.9. The normalized spacial score (nSPS) is 18.0. The van der Waals surface area contributed by atoms with Crippen molar-refractivity contribution in [2.24, 2.45) is 11.8 Å². The highest BCUT2D eigenvalue weighted by Crippen LogP contribution is 2.43. The number of hydrogen-bond acceptors (Lipinski definition) is 6. The molecule has 0 saturated carbocycles. The van der Waals surface area contributed by atoms with E-state index in [1.54, 1.807) is 52.8 Å². The molecule has 0 aromatic heterocycles. The number of fused-ring (bicyclic) bond motifs is 1.